The van der Waals surface area contributed by atoms with Crippen molar-refractivity contribution in [3.8, 4) is 0 Å². The molecule has 27 heavy (non-hydrogen) atoms. The quantitative estimate of drug-likeness (QED) is 0.634. The third-order valence-corrected chi connectivity index (χ3v) is 5.70. The molecule has 1 aromatic carbocycles. The fourth-order valence-corrected chi connectivity index (χ4v) is 4.28. The number of aromatic nitrogens is 2. The van der Waals surface area contributed by atoms with Gasteiger partial charge in [-0.3, -0.25) is 4.79 Å². The summed E-state index contributed by atoms with van der Waals surface area (Å²) in [6.07, 6.45) is 0. The molecular formula is C20H23N3O3S. The normalized spacial score (nSPS) is 12.5. The van der Waals surface area contributed by atoms with Crippen molar-refractivity contribution in [1.82, 2.24) is 15.3 Å². The maximum atomic E-state index is 12.5. The summed E-state index contributed by atoms with van der Waals surface area (Å²) >= 11 is 1.19. The summed E-state index contributed by atoms with van der Waals surface area (Å²) in [7, 11) is 1.33. The second-order valence-corrected chi connectivity index (χ2v) is 7.75. The van der Waals surface area contributed by atoms with E-state index in [1.165, 1.54) is 24.0 Å². The van der Waals surface area contributed by atoms with Gasteiger partial charge in [-0.25, -0.2) is 9.78 Å². The molecule has 6 nitrogen and oxygen atoms in total. The zero-order valence-electron chi connectivity index (χ0n) is 15.8. The number of nitrogens with one attached hydrogen (secondary N) is 2. The first kappa shape index (κ1) is 19.3. The van der Waals surface area contributed by atoms with E-state index in [-0.39, 0.29) is 11.6 Å². The number of hydrogen-bond donors (Lipinski definition) is 2. The number of fused-ring (bicyclic) bond motifs is 1. The second-order valence-electron chi connectivity index (χ2n) is 6.75. The van der Waals surface area contributed by atoms with Crippen LogP contribution in [-0.4, -0.2) is 23.0 Å². The van der Waals surface area contributed by atoms with Crippen LogP contribution in [0.15, 0.2) is 35.1 Å². The summed E-state index contributed by atoms with van der Waals surface area (Å²) in [6.45, 7) is 6.46. The predicted molar refractivity (Wildman–Crippen MR) is 107 cm³/mol. The van der Waals surface area contributed by atoms with E-state index in [1.54, 1.807) is 6.92 Å². The molecule has 2 aromatic heterocycles. The number of ether oxygens (including phenoxy) is 1. The molecule has 0 saturated heterocycles. The molecule has 142 valence electrons. The van der Waals surface area contributed by atoms with Crippen molar-refractivity contribution >= 4 is 27.5 Å². The Morgan fingerprint density at radius 2 is 2.00 bits per heavy atom. The molecule has 7 heteroatoms. The fourth-order valence-electron chi connectivity index (χ4n) is 3.17. The van der Waals surface area contributed by atoms with Crippen molar-refractivity contribution in [2.45, 2.75) is 33.4 Å². The van der Waals surface area contributed by atoms with Crippen LogP contribution in [0.1, 0.15) is 46.5 Å². The molecule has 0 unspecified atom stereocenters. The Morgan fingerprint density at radius 3 is 2.63 bits per heavy atom. The van der Waals surface area contributed by atoms with Gasteiger partial charge in [0.05, 0.1) is 19.0 Å². The van der Waals surface area contributed by atoms with Crippen molar-refractivity contribution in [3.05, 3.63) is 62.5 Å². The van der Waals surface area contributed by atoms with Crippen LogP contribution < -0.4 is 10.9 Å². The molecule has 0 radical (unpaired) electrons. The molecule has 3 rings (SSSR count). The number of carbonyl (C=O) groups excluding carboxylic acids is 1. The van der Waals surface area contributed by atoms with Crippen LogP contribution >= 0.6 is 11.3 Å². The van der Waals surface area contributed by atoms with Crippen molar-refractivity contribution in [1.29, 1.82) is 0 Å². The number of aryl methyl sites for hydroxylation is 1. The van der Waals surface area contributed by atoms with Gasteiger partial charge in [0.15, 0.2) is 0 Å². The van der Waals surface area contributed by atoms with Crippen LogP contribution in [0, 0.1) is 12.8 Å². The first-order valence-electron chi connectivity index (χ1n) is 8.81. The van der Waals surface area contributed by atoms with E-state index in [4.69, 9.17) is 4.74 Å². The molecule has 3 aromatic rings. The Bertz CT molecular complexity index is 1010. The molecule has 0 spiro atoms. The third-order valence-electron chi connectivity index (χ3n) is 4.54. The van der Waals surface area contributed by atoms with Crippen LogP contribution in [0.4, 0.5) is 0 Å². The highest BCUT2D eigenvalue weighted by Crippen LogP contribution is 2.27. The number of thiophene rings is 1. The lowest BCUT2D eigenvalue weighted by atomic mass is 9.96. The molecule has 0 saturated carbocycles. The van der Waals surface area contributed by atoms with Gasteiger partial charge >= 0.3 is 5.97 Å². The summed E-state index contributed by atoms with van der Waals surface area (Å²) in [5, 5.41) is 3.93. The average Bonchev–Trinajstić information content (AvgIpc) is 2.99. The lowest BCUT2D eigenvalue weighted by Crippen LogP contribution is -2.27. The number of rotatable bonds is 6. The van der Waals surface area contributed by atoms with E-state index in [1.807, 2.05) is 18.2 Å². The van der Waals surface area contributed by atoms with E-state index in [9.17, 15) is 9.59 Å². The Labute approximate surface area is 161 Å². The smallest absolute Gasteiger partial charge is 0.348 e. The van der Waals surface area contributed by atoms with E-state index in [2.05, 4.69) is 41.3 Å². The monoisotopic (exact) mass is 385 g/mol. The lowest BCUT2D eigenvalue weighted by Gasteiger charge is -2.22. The van der Waals surface area contributed by atoms with Gasteiger partial charge in [-0.2, -0.15) is 0 Å². The zero-order valence-corrected chi connectivity index (χ0v) is 16.6. The number of nitrogens with zero attached hydrogens (tertiary/aromatic N) is 1. The Balaban J connectivity index is 1.89. The third kappa shape index (κ3) is 3.94. The highest BCUT2D eigenvalue weighted by atomic mass is 32.1. The number of H-pyrrole nitrogens is 1. The van der Waals surface area contributed by atoms with Gasteiger partial charge < -0.3 is 15.0 Å². The molecule has 0 aliphatic rings. The molecular weight excluding hydrogens is 362 g/mol. The largest absolute Gasteiger partial charge is 0.465 e. The minimum Gasteiger partial charge on any atom is -0.465 e. The maximum absolute atomic E-state index is 12.5. The van der Waals surface area contributed by atoms with Crippen LogP contribution in [0.5, 0.6) is 0 Å². The SMILES string of the molecule is COC(=O)c1sc2nc(CN[C@@H](c3ccccc3)C(C)C)[nH]c(=O)c2c1C. The first-order valence-corrected chi connectivity index (χ1v) is 9.63. The van der Waals surface area contributed by atoms with Gasteiger partial charge in [-0.1, -0.05) is 44.2 Å². The highest BCUT2D eigenvalue weighted by Gasteiger charge is 2.20. The highest BCUT2D eigenvalue weighted by molar-refractivity contribution is 7.20. The van der Waals surface area contributed by atoms with Crippen molar-refractivity contribution in [2.24, 2.45) is 5.92 Å². The van der Waals surface area contributed by atoms with Gasteiger partial charge in [0.25, 0.3) is 5.56 Å². The van der Waals surface area contributed by atoms with Gasteiger partial charge in [0, 0.05) is 6.04 Å². The molecule has 0 amide bonds. The van der Waals surface area contributed by atoms with Gasteiger partial charge in [-0.15, -0.1) is 11.3 Å². The van der Waals surface area contributed by atoms with Crippen LogP contribution in [-0.2, 0) is 11.3 Å². The molecule has 0 aliphatic heterocycles. The number of methoxy groups -OCH3 is 1. The van der Waals surface area contributed by atoms with Crippen molar-refractivity contribution in [2.75, 3.05) is 7.11 Å². The number of esters is 1. The van der Waals surface area contributed by atoms with Crippen LogP contribution in [0.3, 0.4) is 0 Å². The summed E-state index contributed by atoms with van der Waals surface area (Å²) in [5.41, 5.74) is 1.57. The number of benzene rings is 1. The number of carbonyl (C=O) groups is 1. The van der Waals surface area contributed by atoms with Gasteiger partial charge in [0.2, 0.25) is 0 Å². The van der Waals surface area contributed by atoms with Gasteiger partial charge in [-0.05, 0) is 24.0 Å². The van der Waals surface area contributed by atoms with E-state index in [0.717, 1.165) is 0 Å². The van der Waals surface area contributed by atoms with E-state index < -0.39 is 5.97 Å². The van der Waals surface area contributed by atoms with E-state index >= 15 is 0 Å². The van der Waals surface area contributed by atoms with E-state index in [0.29, 0.717) is 38.9 Å². The molecule has 0 aliphatic carbocycles. The Hall–Kier alpha value is -2.51. The molecule has 0 bridgehead atoms. The minimum absolute atomic E-state index is 0.142. The molecule has 2 heterocycles. The number of aromatic amines is 1. The van der Waals surface area contributed by atoms with Crippen LogP contribution in [0.25, 0.3) is 10.2 Å². The summed E-state index contributed by atoms with van der Waals surface area (Å²) in [4.78, 5) is 32.8. The van der Waals surface area contributed by atoms with Gasteiger partial charge in [0.1, 0.15) is 15.5 Å². The lowest BCUT2D eigenvalue weighted by molar-refractivity contribution is 0.0605. The first-order chi connectivity index (χ1) is 12.9. The fraction of sp³-hybridized carbons (Fsp3) is 0.350. The predicted octanol–water partition coefficient (Wildman–Crippen LogP) is 3.57. The topological polar surface area (TPSA) is 84.1 Å². The summed E-state index contributed by atoms with van der Waals surface area (Å²) in [6, 6.07) is 10.3. The maximum Gasteiger partial charge on any atom is 0.348 e. The Kier molecular flexibility index (Phi) is 5.72. The standard InChI is InChI=1S/C20H23N3O3S/c1-11(2)16(13-8-6-5-7-9-13)21-10-14-22-18(24)15-12(3)17(20(25)26-4)27-19(15)23-14/h5-9,11,16,21H,10H2,1-4H3,(H,22,23,24)/t16-/m1/s1. The minimum atomic E-state index is -0.446. The van der Waals surface area contributed by atoms with Crippen LogP contribution in [0.2, 0.25) is 0 Å². The molecule has 1 atom stereocenters. The second kappa shape index (κ2) is 8.02. The van der Waals surface area contributed by atoms with Crippen molar-refractivity contribution in [3.63, 3.8) is 0 Å². The number of hydrogen-bond acceptors (Lipinski definition) is 6. The average molecular weight is 385 g/mol. The Morgan fingerprint density at radius 1 is 1.30 bits per heavy atom. The zero-order chi connectivity index (χ0) is 19.6. The molecule has 2 N–H and O–H groups in total. The summed E-state index contributed by atoms with van der Waals surface area (Å²) < 4.78 is 4.79. The summed E-state index contributed by atoms with van der Waals surface area (Å²) in [5.74, 6) is 0.475. The molecule has 0 fully saturated rings. The van der Waals surface area contributed by atoms with Crippen molar-refractivity contribution < 1.29 is 9.53 Å².